The fraction of sp³-hybridized carbons (Fsp3) is 0.136. The normalized spacial score (nSPS) is 12.2. The Bertz CT molecular complexity index is 845. The summed E-state index contributed by atoms with van der Waals surface area (Å²) >= 11 is 6.04. The van der Waals surface area contributed by atoms with Crippen molar-refractivity contribution in [1.29, 1.82) is 0 Å². The van der Waals surface area contributed by atoms with Crippen LogP contribution in [0.2, 0.25) is 5.02 Å². The molecule has 0 radical (unpaired) electrons. The predicted octanol–water partition coefficient (Wildman–Crippen LogP) is 6.10. The van der Waals surface area contributed by atoms with Crippen LogP contribution in [0.15, 0.2) is 83.9 Å². The number of rotatable bonds is 6. The summed E-state index contributed by atoms with van der Waals surface area (Å²) in [5.74, 6) is 0.836. The average molecular weight is 350 g/mol. The van der Waals surface area contributed by atoms with Crippen LogP contribution in [0, 0.1) is 0 Å². The van der Waals surface area contributed by atoms with Gasteiger partial charge in [0, 0.05) is 11.2 Å². The van der Waals surface area contributed by atoms with Crippen LogP contribution in [-0.2, 0) is 6.61 Å². The standard InChI is InChI=1S/C22H20ClNO/c1-17(20-10-6-11-21(23)14-20)24-15-19-9-5-12-22(13-19)25-16-18-7-3-2-4-8-18/h2-15,17H,16H2,1H3/b24-15+. The van der Waals surface area contributed by atoms with Crippen LogP contribution in [0.25, 0.3) is 0 Å². The second-order valence-electron chi connectivity index (χ2n) is 5.86. The predicted molar refractivity (Wildman–Crippen MR) is 105 cm³/mol. The molecule has 126 valence electrons. The molecule has 0 saturated heterocycles. The number of benzene rings is 3. The summed E-state index contributed by atoms with van der Waals surface area (Å²) in [6, 6.07) is 25.9. The highest BCUT2D eigenvalue weighted by molar-refractivity contribution is 6.30. The third-order valence-electron chi connectivity index (χ3n) is 3.88. The van der Waals surface area contributed by atoms with E-state index in [1.807, 2.05) is 72.9 Å². The Morgan fingerprint density at radius 2 is 1.76 bits per heavy atom. The van der Waals surface area contributed by atoms with E-state index in [-0.39, 0.29) is 6.04 Å². The smallest absolute Gasteiger partial charge is 0.120 e. The van der Waals surface area contributed by atoms with Gasteiger partial charge in [-0.25, -0.2) is 0 Å². The van der Waals surface area contributed by atoms with E-state index in [1.54, 1.807) is 0 Å². The van der Waals surface area contributed by atoms with Gasteiger partial charge in [-0.1, -0.05) is 66.2 Å². The Kier molecular flexibility index (Phi) is 5.86. The molecule has 1 atom stereocenters. The topological polar surface area (TPSA) is 21.6 Å². The number of aliphatic imine (C=N–C) groups is 1. The van der Waals surface area contributed by atoms with Gasteiger partial charge < -0.3 is 4.74 Å². The van der Waals surface area contributed by atoms with Gasteiger partial charge in [-0.15, -0.1) is 0 Å². The van der Waals surface area contributed by atoms with Gasteiger partial charge in [-0.05, 0) is 47.9 Å². The Balaban J connectivity index is 1.65. The summed E-state index contributed by atoms with van der Waals surface area (Å²) in [7, 11) is 0. The summed E-state index contributed by atoms with van der Waals surface area (Å²) in [6.45, 7) is 2.61. The van der Waals surface area contributed by atoms with E-state index in [9.17, 15) is 0 Å². The van der Waals surface area contributed by atoms with E-state index in [1.165, 1.54) is 0 Å². The van der Waals surface area contributed by atoms with Crippen LogP contribution in [0.5, 0.6) is 5.75 Å². The highest BCUT2D eigenvalue weighted by Crippen LogP contribution is 2.21. The van der Waals surface area contributed by atoms with Crippen molar-refractivity contribution in [1.82, 2.24) is 0 Å². The molecule has 3 rings (SSSR count). The molecule has 0 aromatic heterocycles. The van der Waals surface area contributed by atoms with Gasteiger partial charge >= 0.3 is 0 Å². The van der Waals surface area contributed by atoms with Crippen molar-refractivity contribution >= 4 is 17.8 Å². The molecule has 3 aromatic rings. The maximum atomic E-state index is 6.04. The van der Waals surface area contributed by atoms with Crippen molar-refractivity contribution in [3.8, 4) is 5.75 Å². The molecule has 0 amide bonds. The molecule has 0 aliphatic rings. The Morgan fingerprint density at radius 1 is 0.960 bits per heavy atom. The molecular formula is C22H20ClNO. The largest absolute Gasteiger partial charge is 0.489 e. The Morgan fingerprint density at radius 3 is 2.56 bits per heavy atom. The van der Waals surface area contributed by atoms with E-state index < -0.39 is 0 Å². The van der Waals surface area contributed by atoms with Crippen molar-refractivity contribution in [2.45, 2.75) is 19.6 Å². The lowest BCUT2D eigenvalue weighted by Gasteiger charge is -2.08. The average Bonchev–Trinajstić information content (AvgIpc) is 2.66. The summed E-state index contributed by atoms with van der Waals surface area (Å²) in [5, 5.41) is 0.732. The van der Waals surface area contributed by atoms with E-state index in [0.717, 1.165) is 27.5 Å². The molecule has 3 aromatic carbocycles. The zero-order valence-corrected chi connectivity index (χ0v) is 14.9. The number of hydrogen-bond acceptors (Lipinski definition) is 2. The molecule has 0 spiro atoms. The highest BCUT2D eigenvalue weighted by Gasteiger charge is 2.03. The van der Waals surface area contributed by atoms with Crippen LogP contribution in [0.4, 0.5) is 0 Å². The number of hydrogen-bond donors (Lipinski definition) is 0. The third kappa shape index (κ3) is 5.20. The molecule has 25 heavy (non-hydrogen) atoms. The molecule has 0 heterocycles. The maximum absolute atomic E-state index is 6.04. The van der Waals surface area contributed by atoms with Gasteiger partial charge in [0.25, 0.3) is 0 Å². The lowest BCUT2D eigenvalue weighted by atomic mass is 10.1. The van der Waals surface area contributed by atoms with Crippen molar-refractivity contribution in [2.75, 3.05) is 0 Å². The third-order valence-corrected chi connectivity index (χ3v) is 4.12. The van der Waals surface area contributed by atoms with Gasteiger partial charge in [0.05, 0.1) is 6.04 Å². The first kappa shape index (κ1) is 17.2. The minimum absolute atomic E-state index is 0.0487. The van der Waals surface area contributed by atoms with Crippen molar-refractivity contribution in [3.05, 3.63) is 101 Å². The van der Waals surface area contributed by atoms with Gasteiger partial charge in [0.1, 0.15) is 12.4 Å². The molecule has 0 N–H and O–H groups in total. The zero-order chi connectivity index (χ0) is 17.5. The fourth-order valence-electron chi connectivity index (χ4n) is 2.48. The van der Waals surface area contributed by atoms with E-state index >= 15 is 0 Å². The van der Waals surface area contributed by atoms with Crippen LogP contribution < -0.4 is 4.74 Å². The Hall–Kier alpha value is -2.58. The first-order chi connectivity index (χ1) is 12.2. The molecule has 0 fully saturated rings. The first-order valence-corrected chi connectivity index (χ1v) is 8.64. The molecule has 1 unspecified atom stereocenters. The van der Waals surface area contributed by atoms with Gasteiger partial charge in [0.2, 0.25) is 0 Å². The van der Waals surface area contributed by atoms with Crippen molar-refractivity contribution in [3.63, 3.8) is 0 Å². The summed E-state index contributed by atoms with van der Waals surface area (Å²) in [5.41, 5.74) is 3.26. The lowest BCUT2D eigenvalue weighted by Crippen LogP contribution is -1.96. The summed E-state index contributed by atoms with van der Waals surface area (Å²) in [6.07, 6.45) is 1.88. The second kappa shape index (κ2) is 8.50. The highest BCUT2D eigenvalue weighted by atomic mass is 35.5. The second-order valence-corrected chi connectivity index (χ2v) is 6.29. The summed E-state index contributed by atoms with van der Waals surface area (Å²) in [4.78, 5) is 4.63. The molecule has 3 heteroatoms. The van der Waals surface area contributed by atoms with Crippen LogP contribution >= 0.6 is 11.6 Å². The van der Waals surface area contributed by atoms with Crippen LogP contribution in [0.1, 0.15) is 29.7 Å². The first-order valence-electron chi connectivity index (χ1n) is 8.26. The number of ether oxygens (including phenoxy) is 1. The number of nitrogens with zero attached hydrogens (tertiary/aromatic N) is 1. The molecule has 0 aliphatic carbocycles. The van der Waals surface area contributed by atoms with Crippen LogP contribution in [-0.4, -0.2) is 6.21 Å². The van der Waals surface area contributed by atoms with E-state index in [4.69, 9.17) is 16.3 Å². The zero-order valence-electron chi connectivity index (χ0n) is 14.1. The quantitative estimate of drug-likeness (QED) is 0.493. The minimum atomic E-state index is 0.0487. The van der Waals surface area contributed by atoms with Gasteiger partial charge in [0.15, 0.2) is 0 Å². The lowest BCUT2D eigenvalue weighted by molar-refractivity contribution is 0.306. The van der Waals surface area contributed by atoms with E-state index in [0.29, 0.717) is 6.61 Å². The Labute approximate surface area is 153 Å². The van der Waals surface area contributed by atoms with Gasteiger partial charge in [-0.3, -0.25) is 4.99 Å². The van der Waals surface area contributed by atoms with Crippen molar-refractivity contribution in [2.24, 2.45) is 4.99 Å². The molecule has 0 saturated carbocycles. The molecule has 2 nitrogen and oxygen atoms in total. The summed E-state index contributed by atoms with van der Waals surface area (Å²) < 4.78 is 5.86. The maximum Gasteiger partial charge on any atom is 0.120 e. The van der Waals surface area contributed by atoms with Gasteiger partial charge in [-0.2, -0.15) is 0 Å². The monoisotopic (exact) mass is 349 g/mol. The SMILES string of the molecule is CC(/N=C/c1cccc(OCc2ccccc2)c1)c1cccc(Cl)c1. The molecule has 0 aliphatic heterocycles. The van der Waals surface area contributed by atoms with Crippen molar-refractivity contribution < 1.29 is 4.74 Å². The van der Waals surface area contributed by atoms with Crippen LogP contribution in [0.3, 0.4) is 0 Å². The molecule has 0 bridgehead atoms. The fourth-order valence-corrected chi connectivity index (χ4v) is 2.67. The molecular weight excluding hydrogens is 330 g/mol. The van der Waals surface area contributed by atoms with E-state index in [2.05, 4.69) is 24.0 Å². The number of halogens is 1. The minimum Gasteiger partial charge on any atom is -0.489 e.